The van der Waals surface area contributed by atoms with E-state index in [9.17, 15) is 0 Å². The summed E-state index contributed by atoms with van der Waals surface area (Å²) in [5, 5.41) is 1.16. The number of fused-ring (bicyclic) bond motifs is 2. The third-order valence-corrected chi connectivity index (χ3v) is 4.99. The van der Waals surface area contributed by atoms with Crippen LogP contribution < -0.4 is 9.64 Å². The summed E-state index contributed by atoms with van der Waals surface area (Å²) >= 11 is 11.6. The van der Waals surface area contributed by atoms with Gasteiger partial charge in [-0.1, -0.05) is 42.0 Å². The molecule has 0 atom stereocenters. The molecule has 1 aliphatic carbocycles. The number of benzene rings is 2. The fourth-order valence-electron chi connectivity index (χ4n) is 3.26. The standard InChI is InChI=1S/C21H16ClNOS/c1-23-18-8-4-2-6-16(18)20(17-7-3-5-9-19(17)23)21(25)24-15-12-10-14(22)11-13-15/h2-6,8-13H,7H2,1H3. The van der Waals surface area contributed by atoms with Crippen molar-refractivity contribution in [3.63, 3.8) is 0 Å². The van der Waals surface area contributed by atoms with Crippen LogP contribution in [0.2, 0.25) is 5.02 Å². The Labute approximate surface area is 157 Å². The highest BCUT2D eigenvalue weighted by atomic mass is 35.5. The zero-order valence-corrected chi connectivity index (χ0v) is 15.3. The van der Waals surface area contributed by atoms with Crippen molar-refractivity contribution in [3.8, 4) is 5.75 Å². The molecule has 25 heavy (non-hydrogen) atoms. The second-order valence-corrected chi connectivity index (χ2v) is 6.76. The van der Waals surface area contributed by atoms with E-state index in [0.717, 1.165) is 23.2 Å². The average Bonchev–Trinajstić information content (AvgIpc) is 2.64. The Morgan fingerprint density at radius 1 is 1.12 bits per heavy atom. The van der Waals surface area contributed by atoms with Crippen molar-refractivity contribution in [2.45, 2.75) is 6.42 Å². The number of ether oxygens (including phenoxy) is 1. The van der Waals surface area contributed by atoms with Gasteiger partial charge in [0.1, 0.15) is 5.75 Å². The second-order valence-electron chi connectivity index (χ2n) is 5.96. The van der Waals surface area contributed by atoms with Gasteiger partial charge in [-0.25, -0.2) is 0 Å². The first-order chi connectivity index (χ1) is 12.1. The third kappa shape index (κ3) is 2.90. The number of hydrogen-bond acceptors (Lipinski definition) is 3. The van der Waals surface area contributed by atoms with Gasteiger partial charge in [0.15, 0.2) is 5.05 Å². The number of anilines is 1. The van der Waals surface area contributed by atoms with Crippen molar-refractivity contribution in [2.75, 3.05) is 11.9 Å². The van der Waals surface area contributed by atoms with Crippen LogP contribution in [0.1, 0.15) is 12.0 Å². The van der Waals surface area contributed by atoms with Gasteiger partial charge < -0.3 is 9.64 Å². The maximum absolute atomic E-state index is 6.00. The molecule has 1 aliphatic heterocycles. The highest BCUT2D eigenvalue weighted by Crippen LogP contribution is 2.42. The van der Waals surface area contributed by atoms with Crippen molar-refractivity contribution in [3.05, 3.63) is 88.6 Å². The van der Waals surface area contributed by atoms with Crippen molar-refractivity contribution >= 4 is 40.1 Å². The summed E-state index contributed by atoms with van der Waals surface area (Å²) < 4.78 is 6.00. The average molecular weight is 366 g/mol. The lowest BCUT2D eigenvalue weighted by atomic mass is 9.88. The van der Waals surface area contributed by atoms with E-state index in [0.29, 0.717) is 15.8 Å². The van der Waals surface area contributed by atoms with E-state index >= 15 is 0 Å². The van der Waals surface area contributed by atoms with Crippen LogP contribution in [0.4, 0.5) is 5.69 Å². The Hall–Kier alpha value is -2.36. The first kappa shape index (κ1) is 16.1. The minimum atomic E-state index is 0.485. The minimum absolute atomic E-state index is 0.485. The molecule has 0 unspecified atom stereocenters. The molecule has 0 radical (unpaired) electrons. The number of rotatable bonds is 2. The molecule has 0 saturated heterocycles. The molecule has 0 fully saturated rings. The summed E-state index contributed by atoms with van der Waals surface area (Å²) in [6.45, 7) is 0. The number of likely N-dealkylation sites (N-methyl/N-ethyl adjacent to an activating group) is 1. The van der Waals surface area contributed by atoms with Gasteiger partial charge >= 0.3 is 0 Å². The molecule has 0 saturated carbocycles. The van der Waals surface area contributed by atoms with Crippen molar-refractivity contribution in [1.29, 1.82) is 0 Å². The molecule has 0 spiro atoms. The molecule has 4 rings (SSSR count). The van der Waals surface area contributed by atoms with Gasteiger partial charge in [-0.3, -0.25) is 0 Å². The zero-order valence-electron chi connectivity index (χ0n) is 13.7. The topological polar surface area (TPSA) is 12.5 Å². The van der Waals surface area contributed by atoms with Crippen LogP contribution in [0, 0.1) is 0 Å². The van der Waals surface area contributed by atoms with Gasteiger partial charge in [0.05, 0.1) is 0 Å². The summed E-state index contributed by atoms with van der Waals surface area (Å²) in [5.41, 5.74) is 5.59. The molecule has 0 bridgehead atoms. The van der Waals surface area contributed by atoms with Crippen LogP contribution in [0.15, 0.2) is 78.0 Å². The molecule has 2 aromatic rings. The largest absolute Gasteiger partial charge is 0.445 e. The van der Waals surface area contributed by atoms with Gasteiger partial charge in [-0.2, -0.15) is 0 Å². The lowest BCUT2D eigenvalue weighted by Gasteiger charge is -2.34. The number of thiocarbonyl (C=S) groups is 1. The number of hydrogen-bond donors (Lipinski definition) is 0. The molecule has 124 valence electrons. The Bertz CT molecular complexity index is 941. The normalized spacial score (nSPS) is 15.4. The number of halogens is 1. The van der Waals surface area contributed by atoms with E-state index in [1.165, 1.54) is 11.3 Å². The van der Waals surface area contributed by atoms with Gasteiger partial charge in [0.25, 0.3) is 0 Å². The van der Waals surface area contributed by atoms with E-state index in [1.807, 2.05) is 24.3 Å². The summed E-state index contributed by atoms with van der Waals surface area (Å²) in [6.07, 6.45) is 7.19. The molecule has 2 nitrogen and oxygen atoms in total. The van der Waals surface area contributed by atoms with Gasteiger partial charge in [-0.15, -0.1) is 0 Å². The first-order valence-corrected chi connectivity index (χ1v) is 8.85. The maximum atomic E-state index is 6.00. The van der Waals surface area contributed by atoms with Crippen LogP contribution in [-0.2, 0) is 0 Å². The highest BCUT2D eigenvalue weighted by Gasteiger charge is 2.29. The maximum Gasteiger partial charge on any atom is 0.199 e. The fraction of sp³-hybridized carbons (Fsp3) is 0.0952. The molecule has 0 aromatic heterocycles. The van der Waals surface area contributed by atoms with Crippen LogP contribution in [0.25, 0.3) is 5.57 Å². The van der Waals surface area contributed by atoms with Gasteiger partial charge in [-0.05, 0) is 60.6 Å². The fourth-order valence-corrected chi connectivity index (χ4v) is 3.71. The predicted molar refractivity (Wildman–Crippen MR) is 108 cm³/mol. The summed E-state index contributed by atoms with van der Waals surface area (Å²) in [7, 11) is 2.09. The molecule has 1 heterocycles. The van der Waals surface area contributed by atoms with E-state index in [2.05, 4.69) is 42.3 Å². The van der Waals surface area contributed by atoms with Crippen LogP contribution in [0.5, 0.6) is 5.75 Å². The molecule has 2 aromatic carbocycles. The smallest absolute Gasteiger partial charge is 0.199 e. The Morgan fingerprint density at radius 2 is 1.88 bits per heavy atom. The van der Waals surface area contributed by atoms with Gasteiger partial charge in [0.2, 0.25) is 0 Å². The Morgan fingerprint density at radius 3 is 2.68 bits per heavy atom. The van der Waals surface area contributed by atoms with Crippen LogP contribution in [-0.4, -0.2) is 12.1 Å². The van der Waals surface area contributed by atoms with Crippen molar-refractivity contribution < 1.29 is 4.74 Å². The summed E-state index contributed by atoms with van der Waals surface area (Å²) in [6, 6.07) is 15.5. The lowest BCUT2D eigenvalue weighted by Crippen LogP contribution is -2.27. The SMILES string of the molecule is CN1C2=CC=CCC2=C(C(=S)Oc2ccc(Cl)cc2)c2ccccc21. The number of para-hydroxylation sites is 1. The third-order valence-electron chi connectivity index (χ3n) is 4.45. The molecule has 0 N–H and O–H groups in total. The van der Waals surface area contributed by atoms with Crippen molar-refractivity contribution in [1.82, 2.24) is 0 Å². The molecular formula is C21H16ClNOS. The van der Waals surface area contributed by atoms with E-state index in [1.54, 1.807) is 12.1 Å². The molecule has 0 amide bonds. The lowest BCUT2D eigenvalue weighted by molar-refractivity contribution is 0.571. The van der Waals surface area contributed by atoms with Crippen LogP contribution in [0.3, 0.4) is 0 Å². The summed E-state index contributed by atoms with van der Waals surface area (Å²) in [4.78, 5) is 2.21. The van der Waals surface area contributed by atoms with E-state index in [-0.39, 0.29) is 0 Å². The Balaban J connectivity index is 1.80. The first-order valence-electron chi connectivity index (χ1n) is 8.06. The Kier molecular flexibility index (Phi) is 4.20. The van der Waals surface area contributed by atoms with E-state index in [4.69, 9.17) is 28.6 Å². The van der Waals surface area contributed by atoms with Gasteiger partial charge in [0, 0.05) is 34.6 Å². The van der Waals surface area contributed by atoms with Crippen LogP contribution >= 0.6 is 23.8 Å². The zero-order chi connectivity index (χ0) is 17.4. The predicted octanol–water partition coefficient (Wildman–Crippen LogP) is 5.79. The van der Waals surface area contributed by atoms with Crippen molar-refractivity contribution in [2.24, 2.45) is 0 Å². The summed E-state index contributed by atoms with van der Waals surface area (Å²) in [5.74, 6) is 0.691. The number of allylic oxidation sites excluding steroid dienone is 4. The minimum Gasteiger partial charge on any atom is -0.445 e. The molecule has 4 heteroatoms. The highest BCUT2D eigenvalue weighted by molar-refractivity contribution is 7.81. The van der Waals surface area contributed by atoms with E-state index < -0.39 is 0 Å². The quantitative estimate of drug-likeness (QED) is 0.624. The molecular weight excluding hydrogens is 350 g/mol. The monoisotopic (exact) mass is 365 g/mol. The molecule has 2 aliphatic rings. The second kappa shape index (κ2) is 6.51. The number of nitrogens with zero attached hydrogens (tertiary/aromatic N) is 1.